The van der Waals surface area contributed by atoms with Crippen molar-refractivity contribution in [3.05, 3.63) is 23.8 Å². The molecule has 0 spiro atoms. The number of carbonyl (C=O) groups excluding carboxylic acids is 1. The number of hydrogen-bond donors (Lipinski definition) is 0. The van der Waals surface area contributed by atoms with E-state index in [0.29, 0.717) is 56.4 Å². The Morgan fingerprint density at radius 1 is 1.09 bits per heavy atom. The van der Waals surface area contributed by atoms with Gasteiger partial charge in [0.25, 0.3) is 0 Å². The van der Waals surface area contributed by atoms with Crippen molar-refractivity contribution in [1.29, 1.82) is 0 Å². The topological polar surface area (TPSA) is 63.2 Å². The maximum absolute atomic E-state index is 11.8. The second-order valence-electron chi connectivity index (χ2n) is 4.15. The van der Waals surface area contributed by atoms with Crippen LogP contribution in [0.4, 0.5) is 0 Å². The van der Waals surface area contributed by atoms with E-state index in [4.69, 9.17) is 23.7 Å². The number of hydrogen-bond acceptors (Lipinski definition) is 6. The van der Waals surface area contributed by atoms with Crippen LogP contribution in [0.25, 0.3) is 0 Å². The Labute approximate surface area is 133 Å². The molecule has 0 radical (unpaired) electrons. The molecule has 0 aliphatic heterocycles. The monoisotopic (exact) mass is 330 g/mol. The maximum Gasteiger partial charge on any atom is 0.338 e. The van der Waals surface area contributed by atoms with E-state index in [1.807, 2.05) is 0 Å². The molecule has 0 aliphatic carbocycles. The quantitative estimate of drug-likeness (QED) is 0.352. The van der Waals surface area contributed by atoms with Gasteiger partial charge in [0.15, 0.2) is 11.5 Å². The minimum atomic E-state index is -0.392. The van der Waals surface area contributed by atoms with Crippen molar-refractivity contribution >= 4 is 15.2 Å². The third kappa shape index (κ3) is 6.60. The lowest BCUT2D eigenvalue weighted by Crippen LogP contribution is -2.10. The Bertz CT molecular complexity index is 452. The molecule has 7 heteroatoms. The van der Waals surface area contributed by atoms with Gasteiger partial charge in [0.2, 0.25) is 0 Å². The minimum absolute atomic E-state index is 0.323. The lowest BCUT2D eigenvalue weighted by molar-refractivity contribution is 0.0525. The molecule has 1 rings (SSSR count). The fraction of sp³-hybridized carbons (Fsp3) is 0.533. The highest BCUT2D eigenvalue weighted by Crippen LogP contribution is 2.28. The maximum atomic E-state index is 11.8. The molecule has 1 atom stereocenters. The molecule has 0 aromatic heterocycles. The first-order chi connectivity index (χ1) is 10.7. The van der Waals surface area contributed by atoms with E-state index in [1.54, 1.807) is 32.2 Å². The predicted molar refractivity (Wildman–Crippen MR) is 85.8 cm³/mol. The van der Waals surface area contributed by atoms with Gasteiger partial charge in [-0.15, -0.1) is 9.24 Å². The van der Waals surface area contributed by atoms with Crippen LogP contribution in [-0.4, -0.2) is 52.5 Å². The summed E-state index contributed by atoms with van der Waals surface area (Å²) in [6.07, 6.45) is 0.558. The van der Waals surface area contributed by atoms with Gasteiger partial charge in [0, 0.05) is 7.11 Å². The summed E-state index contributed by atoms with van der Waals surface area (Å²) in [7, 11) is 4.07. The number of ether oxygens (including phenoxy) is 5. The zero-order chi connectivity index (χ0) is 16.2. The van der Waals surface area contributed by atoms with Crippen LogP contribution in [-0.2, 0) is 14.2 Å². The van der Waals surface area contributed by atoms with Gasteiger partial charge in [0.1, 0.15) is 13.2 Å². The van der Waals surface area contributed by atoms with E-state index in [9.17, 15) is 4.79 Å². The number of benzene rings is 1. The summed E-state index contributed by atoms with van der Waals surface area (Å²) in [6, 6.07) is 4.95. The summed E-state index contributed by atoms with van der Waals surface area (Å²) < 4.78 is 26.3. The van der Waals surface area contributed by atoms with Crippen molar-refractivity contribution in [2.24, 2.45) is 0 Å². The van der Waals surface area contributed by atoms with Crippen molar-refractivity contribution < 1.29 is 28.5 Å². The highest BCUT2D eigenvalue weighted by molar-refractivity contribution is 7.16. The largest absolute Gasteiger partial charge is 0.487 e. The van der Waals surface area contributed by atoms with E-state index in [2.05, 4.69) is 9.24 Å². The standard InChI is InChI=1S/C15H23O6P/c1-3-19-15(16)12-4-5-13(20-9-7-18-11-22)14(10-12)21-8-6-17-2/h4-5,10H,3,6-9,11,22H2,1-2H3. The highest BCUT2D eigenvalue weighted by Gasteiger charge is 2.12. The fourth-order valence-electron chi connectivity index (χ4n) is 1.61. The van der Waals surface area contributed by atoms with Crippen LogP contribution in [0.15, 0.2) is 18.2 Å². The average Bonchev–Trinajstić information content (AvgIpc) is 2.53. The fourth-order valence-corrected chi connectivity index (χ4v) is 1.78. The lowest BCUT2D eigenvalue weighted by Gasteiger charge is -2.14. The predicted octanol–water partition coefficient (Wildman–Crippen LogP) is 2.12. The van der Waals surface area contributed by atoms with Crippen molar-refractivity contribution in [2.45, 2.75) is 6.92 Å². The van der Waals surface area contributed by atoms with Crippen LogP contribution in [0.1, 0.15) is 17.3 Å². The first-order valence-corrected chi connectivity index (χ1v) is 7.88. The number of esters is 1. The first-order valence-electron chi connectivity index (χ1n) is 7.06. The SMILES string of the molecule is CCOC(=O)c1ccc(OCCOCP)c(OCCOC)c1. The van der Waals surface area contributed by atoms with Crippen LogP contribution in [0.2, 0.25) is 0 Å². The highest BCUT2D eigenvalue weighted by atomic mass is 31.0. The molecule has 1 unspecified atom stereocenters. The Kier molecular flexibility index (Phi) is 9.55. The van der Waals surface area contributed by atoms with Crippen molar-refractivity contribution in [3.63, 3.8) is 0 Å². The molecule has 124 valence electrons. The molecule has 0 heterocycles. The summed E-state index contributed by atoms with van der Waals surface area (Å²) in [5.74, 6) is 0.641. The average molecular weight is 330 g/mol. The molecule has 1 aromatic carbocycles. The number of carbonyl (C=O) groups is 1. The van der Waals surface area contributed by atoms with Gasteiger partial charge in [-0.2, -0.15) is 0 Å². The molecule has 1 aromatic rings. The van der Waals surface area contributed by atoms with E-state index in [-0.39, 0.29) is 0 Å². The van der Waals surface area contributed by atoms with Crippen LogP contribution >= 0.6 is 9.24 Å². The van der Waals surface area contributed by atoms with E-state index >= 15 is 0 Å². The van der Waals surface area contributed by atoms with Gasteiger partial charge >= 0.3 is 5.97 Å². The molecular weight excluding hydrogens is 307 g/mol. The van der Waals surface area contributed by atoms with Gasteiger partial charge in [-0.3, -0.25) is 0 Å². The molecule has 6 nitrogen and oxygen atoms in total. The van der Waals surface area contributed by atoms with Crippen LogP contribution in [0.5, 0.6) is 11.5 Å². The summed E-state index contributed by atoms with van der Waals surface area (Å²) in [6.45, 7) is 3.76. The second-order valence-corrected chi connectivity index (χ2v) is 4.48. The van der Waals surface area contributed by atoms with E-state index in [0.717, 1.165) is 0 Å². The van der Waals surface area contributed by atoms with Crippen molar-refractivity contribution in [1.82, 2.24) is 0 Å². The lowest BCUT2D eigenvalue weighted by atomic mass is 10.2. The molecule has 0 aliphatic rings. The number of rotatable bonds is 11. The van der Waals surface area contributed by atoms with Crippen molar-refractivity contribution in [3.8, 4) is 11.5 Å². The molecule has 22 heavy (non-hydrogen) atoms. The molecule has 0 saturated heterocycles. The Morgan fingerprint density at radius 3 is 2.50 bits per heavy atom. The molecule has 0 saturated carbocycles. The Morgan fingerprint density at radius 2 is 1.82 bits per heavy atom. The molecule has 0 N–H and O–H groups in total. The summed E-state index contributed by atoms with van der Waals surface area (Å²) in [5.41, 5.74) is 0.419. The zero-order valence-corrected chi connectivity index (χ0v) is 14.2. The normalized spacial score (nSPS) is 10.3. The van der Waals surface area contributed by atoms with Gasteiger partial charge in [0.05, 0.1) is 31.7 Å². The van der Waals surface area contributed by atoms with Gasteiger partial charge in [-0.1, -0.05) is 0 Å². The van der Waals surface area contributed by atoms with Gasteiger partial charge < -0.3 is 23.7 Å². The van der Waals surface area contributed by atoms with E-state index < -0.39 is 5.97 Å². The summed E-state index contributed by atoms with van der Waals surface area (Å²) in [4.78, 5) is 11.8. The second kappa shape index (κ2) is 11.2. The zero-order valence-electron chi connectivity index (χ0n) is 13.0. The molecular formula is C15H23O6P. The Hall–Kier alpha value is -1.36. The minimum Gasteiger partial charge on any atom is -0.487 e. The summed E-state index contributed by atoms with van der Waals surface area (Å²) >= 11 is 0. The third-order valence-electron chi connectivity index (χ3n) is 2.60. The first kappa shape index (κ1) is 18.7. The summed E-state index contributed by atoms with van der Waals surface area (Å²) in [5, 5.41) is 0. The molecule has 0 fully saturated rings. The smallest absolute Gasteiger partial charge is 0.338 e. The van der Waals surface area contributed by atoms with Gasteiger partial charge in [-0.25, -0.2) is 4.79 Å². The van der Waals surface area contributed by atoms with Crippen LogP contribution in [0.3, 0.4) is 0 Å². The van der Waals surface area contributed by atoms with Crippen LogP contribution in [0, 0.1) is 0 Å². The third-order valence-corrected chi connectivity index (χ3v) is 2.84. The van der Waals surface area contributed by atoms with Gasteiger partial charge in [-0.05, 0) is 25.1 Å². The van der Waals surface area contributed by atoms with E-state index in [1.165, 1.54) is 0 Å². The van der Waals surface area contributed by atoms with Crippen molar-refractivity contribution in [2.75, 3.05) is 46.5 Å². The number of methoxy groups -OCH3 is 1. The molecule has 0 bridgehead atoms. The molecule has 0 amide bonds. The Balaban J connectivity index is 2.77. The van der Waals surface area contributed by atoms with Crippen LogP contribution < -0.4 is 9.47 Å².